The number of halogens is 1. The van der Waals surface area contributed by atoms with Crippen LogP contribution in [-0.2, 0) is 16.1 Å². The topological polar surface area (TPSA) is 76.5 Å². The minimum absolute atomic E-state index is 0.141. The molecule has 2 aromatic carbocycles. The maximum atomic E-state index is 13.1. The Hall–Kier alpha value is -2.55. The van der Waals surface area contributed by atoms with Crippen molar-refractivity contribution >= 4 is 51.5 Å². The molecule has 0 atom stereocenters. The van der Waals surface area contributed by atoms with E-state index in [1.165, 1.54) is 11.8 Å². The van der Waals surface area contributed by atoms with Gasteiger partial charge in [-0.25, -0.2) is 4.98 Å². The summed E-state index contributed by atoms with van der Waals surface area (Å²) < 4.78 is 7.03. The van der Waals surface area contributed by atoms with Crippen LogP contribution in [0.4, 0.5) is 11.4 Å². The molecule has 7 nitrogen and oxygen atoms in total. The van der Waals surface area contributed by atoms with Gasteiger partial charge in [-0.2, -0.15) is 0 Å². The van der Waals surface area contributed by atoms with E-state index in [1.54, 1.807) is 22.8 Å². The molecule has 9 heteroatoms. The van der Waals surface area contributed by atoms with E-state index in [2.05, 4.69) is 15.2 Å². The standard InChI is InChI=1S/C24H27ClN4O3S/c1-16(2)14-29-23(31)20-13-17(25)3-8-21(20)27-24(29)33-15-22(30)26-18-4-6-19(7-5-18)28-9-11-32-12-10-28/h3-8,13,16H,9-12,14-15H2,1-2H3,(H,26,30). The molecule has 1 aromatic heterocycles. The Labute approximate surface area is 202 Å². The van der Waals surface area contributed by atoms with E-state index in [0.717, 1.165) is 37.7 Å². The SMILES string of the molecule is CC(C)Cn1c(SCC(=O)Nc2ccc(N3CCOCC3)cc2)nc2ccc(Cl)cc2c1=O. The van der Waals surface area contributed by atoms with Crippen LogP contribution in [0.1, 0.15) is 13.8 Å². The van der Waals surface area contributed by atoms with E-state index < -0.39 is 0 Å². The van der Waals surface area contributed by atoms with Crippen LogP contribution in [-0.4, -0.2) is 47.5 Å². The fourth-order valence-corrected chi connectivity index (χ4v) is 4.69. The lowest BCUT2D eigenvalue weighted by molar-refractivity contribution is -0.113. The first-order chi connectivity index (χ1) is 15.9. The van der Waals surface area contributed by atoms with Crippen LogP contribution in [0.25, 0.3) is 10.9 Å². The number of thioether (sulfide) groups is 1. The van der Waals surface area contributed by atoms with Gasteiger partial charge in [-0.15, -0.1) is 0 Å². The highest BCUT2D eigenvalue weighted by molar-refractivity contribution is 7.99. The zero-order chi connectivity index (χ0) is 23.4. The predicted molar refractivity (Wildman–Crippen MR) is 135 cm³/mol. The van der Waals surface area contributed by atoms with E-state index in [-0.39, 0.29) is 23.1 Å². The lowest BCUT2D eigenvalue weighted by Crippen LogP contribution is -2.36. The van der Waals surface area contributed by atoms with Gasteiger partial charge in [0.05, 0.1) is 29.9 Å². The van der Waals surface area contributed by atoms with E-state index in [1.807, 2.05) is 38.1 Å². The number of aromatic nitrogens is 2. The van der Waals surface area contributed by atoms with Crippen molar-refractivity contribution in [2.75, 3.05) is 42.3 Å². The molecule has 4 rings (SSSR count). The van der Waals surface area contributed by atoms with Crippen molar-refractivity contribution in [1.29, 1.82) is 0 Å². The molecule has 0 bridgehead atoms. The Bertz CT molecular complexity index is 1190. The Balaban J connectivity index is 1.45. The van der Waals surface area contributed by atoms with E-state index >= 15 is 0 Å². The maximum Gasteiger partial charge on any atom is 0.262 e. The molecule has 1 fully saturated rings. The number of carbonyl (C=O) groups excluding carboxylic acids is 1. The summed E-state index contributed by atoms with van der Waals surface area (Å²) in [5.74, 6) is 0.245. The summed E-state index contributed by atoms with van der Waals surface area (Å²) in [6, 6.07) is 12.9. The van der Waals surface area contributed by atoms with Crippen molar-refractivity contribution in [1.82, 2.24) is 9.55 Å². The zero-order valence-electron chi connectivity index (χ0n) is 18.7. The Morgan fingerprint density at radius 1 is 1.18 bits per heavy atom. The van der Waals surface area contributed by atoms with Crippen LogP contribution < -0.4 is 15.8 Å². The molecular formula is C24H27ClN4O3S. The van der Waals surface area contributed by atoms with Gasteiger partial charge < -0.3 is 15.0 Å². The summed E-state index contributed by atoms with van der Waals surface area (Å²) in [4.78, 5) is 32.6. The molecule has 0 aliphatic carbocycles. The Morgan fingerprint density at radius 3 is 2.61 bits per heavy atom. The third kappa shape index (κ3) is 5.88. The highest BCUT2D eigenvalue weighted by Crippen LogP contribution is 2.22. The van der Waals surface area contributed by atoms with Gasteiger partial charge in [-0.05, 0) is 48.4 Å². The number of amides is 1. The molecule has 2 heterocycles. The van der Waals surface area contributed by atoms with Crippen molar-refractivity contribution in [3.8, 4) is 0 Å². The van der Waals surface area contributed by atoms with Crippen molar-refractivity contribution in [2.45, 2.75) is 25.5 Å². The third-order valence-electron chi connectivity index (χ3n) is 5.29. The van der Waals surface area contributed by atoms with Gasteiger partial charge in [0.1, 0.15) is 0 Å². The first kappa shape index (κ1) is 23.6. The van der Waals surface area contributed by atoms with Crippen LogP contribution in [0.3, 0.4) is 0 Å². The summed E-state index contributed by atoms with van der Waals surface area (Å²) in [6.45, 7) is 7.78. The van der Waals surface area contributed by atoms with Gasteiger partial charge in [0.2, 0.25) is 5.91 Å². The minimum atomic E-state index is -0.152. The number of nitrogens with one attached hydrogen (secondary N) is 1. The van der Waals surface area contributed by atoms with E-state index in [0.29, 0.717) is 27.6 Å². The van der Waals surface area contributed by atoms with Crippen molar-refractivity contribution in [3.63, 3.8) is 0 Å². The quantitative estimate of drug-likeness (QED) is 0.397. The lowest BCUT2D eigenvalue weighted by Gasteiger charge is -2.28. The monoisotopic (exact) mass is 486 g/mol. The highest BCUT2D eigenvalue weighted by atomic mass is 35.5. The third-order valence-corrected chi connectivity index (χ3v) is 6.50. The first-order valence-electron chi connectivity index (χ1n) is 11.0. The second kappa shape index (κ2) is 10.6. The van der Waals surface area contributed by atoms with Crippen LogP contribution in [0.15, 0.2) is 52.4 Å². The van der Waals surface area contributed by atoms with E-state index in [9.17, 15) is 9.59 Å². The zero-order valence-corrected chi connectivity index (χ0v) is 20.3. The largest absolute Gasteiger partial charge is 0.378 e. The maximum absolute atomic E-state index is 13.1. The van der Waals surface area contributed by atoms with Gasteiger partial charge in [-0.1, -0.05) is 37.2 Å². The van der Waals surface area contributed by atoms with Crippen LogP contribution in [0.5, 0.6) is 0 Å². The molecule has 3 aromatic rings. The summed E-state index contributed by atoms with van der Waals surface area (Å²) >= 11 is 7.34. The molecule has 1 saturated heterocycles. The number of morpholine rings is 1. The van der Waals surface area contributed by atoms with Gasteiger partial charge in [0.15, 0.2) is 5.16 Å². The molecule has 33 heavy (non-hydrogen) atoms. The number of hydrogen-bond acceptors (Lipinski definition) is 6. The minimum Gasteiger partial charge on any atom is -0.378 e. The van der Waals surface area contributed by atoms with Crippen molar-refractivity contribution in [2.24, 2.45) is 5.92 Å². The average Bonchev–Trinajstić information content (AvgIpc) is 2.81. The van der Waals surface area contributed by atoms with Crippen LogP contribution in [0, 0.1) is 5.92 Å². The number of fused-ring (bicyclic) bond motifs is 1. The van der Waals surface area contributed by atoms with Crippen molar-refractivity contribution in [3.05, 3.63) is 57.8 Å². The molecule has 0 saturated carbocycles. The molecule has 0 radical (unpaired) electrons. The second-order valence-corrected chi connectivity index (χ2v) is 9.73. The fourth-order valence-electron chi connectivity index (χ4n) is 3.71. The average molecular weight is 487 g/mol. The summed E-state index contributed by atoms with van der Waals surface area (Å²) in [5, 5.41) is 4.44. The Morgan fingerprint density at radius 2 is 1.91 bits per heavy atom. The summed E-state index contributed by atoms with van der Waals surface area (Å²) in [7, 11) is 0. The van der Waals surface area contributed by atoms with Gasteiger partial charge in [0, 0.05) is 36.0 Å². The van der Waals surface area contributed by atoms with Crippen LogP contribution in [0.2, 0.25) is 5.02 Å². The molecule has 174 valence electrons. The number of rotatable bonds is 7. The number of benzene rings is 2. The normalized spacial score (nSPS) is 14.1. The fraction of sp³-hybridized carbons (Fsp3) is 0.375. The van der Waals surface area contributed by atoms with Gasteiger partial charge in [-0.3, -0.25) is 14.2 Å². The number of carbonyl (C=O) groups is 1. The molecule has 1 N–H and O–H groups in total. The highest BCUT2D eigenvalue weighted by Gasteiger charge is 2.15. The predicted octanol–water partition coefficient (Wildman–Crippen LogP) is 4.27. The number of ether oxygens (including phenoxy) is 1. The second-order valence-electron chi connectivity index (χ2n) is 8.35. The summed E-state index contributed by atoms with van der Waals surface area (Å²) in [5.41, 5.74) is 2.28. The van der Waals surface area contributed by atoms with Gasteiger partial charge >= 0.3 is 0 Å². The summed E-state index contributed by atoms with van der Waals surface area (Å²) in [6.07, 6.45) is 0. The first-order valence-corrected chi connectivity index (χ1v) is 12.3. The van der Waals surface area contributed by atoms with Gasteiger partial charge in [0.25, 0.3) is 5.56 Å². The number of anilines is 2. The number of hydrogen-bond donors (Lipinski definition) is 1. The molecular weight excluding hydrogens is 460 g/mol. The Kier molecular flexibility index (Phi) is 7.57. The smallest absolute Gasteiger partial charge is 0.262 e. The molecule has 0 unspecified atom stereocenters. The van der Waals surface area contributed by atoms with E-state index in [4.69, 9.17) is 16.3 Å². The van der Waals surface area contributed by atoms with Crippen molar-refractivity contribution < 1.29 is 9.53 Å². The molecule has 1 aliphatic heterocycles. The van der Waals surface area contributed by atoms with Crippen LogP contribution >= 0.6 is 23.4 Å². The number of nitrogens with zero attached hydrogens (tertiary/aromatic N) is 3. The lowest BCUT2D eigenvalue weighted by atomic mass is 10.2. The molecule has 1 amide bonds. The molecule has 0 spiro atoms. The molecule has 1 aliphatic rings.